The molecule has 0 bridgehead atoms. The largest absolute Gasteiger partial charge is 0.481 e. The van der Waals surface area contributed by atoms with E-state index in [0.29, 0.717) is 0 Å². The molecule has 2 nitrogen and oxygen atoms in total. The molecule has 0 aromatic heterocycles. The molecule has 0 heterocycles. The third kappa shape index (κ3) is 1.76. The van der Waals surface area contributed by atoms with E-state index >= 15 is 0 Å². The fourth-order valence-corrected chi connectivity index (χ4v) is 1.32. The van der Waals surface area contributed by atoms with E-state index < -0.39 is 16.2 Å². The summed E-state index contributed by atoms with van der Waals surface area (Å²) in [7, 11) is 0. The average Bonchev–Trinajstić information content (AvgIpc) is 1.85. The molecule has 0 saturated carbocycles. The number of aliphatic carboxylic acids is 1. The number of allylic oxidation sites excluding steroid dienone is 3. The molecule has 60 valence electrons. The van der Waals surface area contributed by atoms with Gasteiger partial charge in [-0.25, -0.2) is 0 Å². The maximum Gasteiger partial charge on any atom is 0.313 e. The Morgan fingerprint density at radius 1 is 1.45 bits per heavy atom. The Hall–Kier alpha value is -0.470. The van der Waals surface area contributed by atoms with Crippen LogP contribution in [0.5, 0.6) is 0 Å². The number of carboxylic acids is 1. The van der Waals surface area contributed by atoms with Gasteiger partial charge in [-0.15, -0.1) is 0 Å². The number of alkyl halides is 2. The molecule has 1 aliphatic carbocycles. The van der Waals surface area contributed by atoms with Gasteiger partial charge in [0.15, 0.2) is 4.33 Å². The summed E-state index contributed by atoms with van der Waals surface area (Å²) in [5, 5.41) is 8.62. The zero-order valence-corrected chi connectivity index (χ0v) is 7.01. The van der Waals surface area contributed by atoms with Crippen LogP contribution in [0, 0.1) is 5.92 Å². The number of carboxylic acid groups (broad SMARTS) is 1. The highest BCUT2D eigenvalue weighted by Gasteiger charge is 2.37. The summed E-state index contributed by atoms with van der Waals surface area (Å²) >= 11 is 11.4. The highest BCUT2D eigenvalue weighted by atomic mass is 35.5. The van der Waals surface area contributed by atoms with Crippen LogP contribution < -0.4 is 0 Å². The van der Waals surface area contributed by atoms with Crippen LogP contribution in [0.15, 0.2) is 24.3 Å². The molecule has 0 radical (unpaired) electrons. The highest BCUT2D eigenvalue weighted by molar-refractivity contribution is 6.51. The van der Waals surface area contributed by atoms with Gasteiger partial charge in [0.05, 0.1) is 0 Å². The molecular formula is C7H6Cl2O2. The minimum absolute atomic E-state index is 0.851. The number of rotatable bonds is 1. The van der Waals surface area contributed by atoms with Crippen LogP contribution in [0.1, 0.15) is 0 Å². The molecule has 0 spiro atoms. The van der Waals surface area contributed by atoms with E-state index in [-0.39, 0.29) is 0 Å². The van der Waals surface area contributed by atoms with Gasteiger partial charge in [-0.1, -0.05) is 41.4 Å². The van der Waals surface area contributed by atoms with Crippen LogP contribution in [-0.4, -0.2) is 15.4 Å². The second-order valence-electron chi connectivity index (χ2n) is 2.23. The number of hydrogen-bond acceptors (Lipinski definition) is 1. The van der Waals surface area contributed by atoms with Crippen molar-refractivity contribution < 1.29 is 9.90 Å². The summed E-state index contributed by atoms with van der Waals surface area (Å²) in [6.45, 7) is 0. The fraction of sp³-hybridized carbons (Fsp3) is 0.286. The average molecular weight is 193 g/mol. The normalized spacial score (nSPS) is 26.9. The fourth-order valence-electron chi connectivity index (χ4n) is 0.838. The van der Waals surface area contributed by atoms with Crippen molar-refractivity contribution in [2.24, 2.45) is 5.92 Å². The number of hydrogen-bond donors (Lipinski definition) is 1. The topological polar surface area (TPSA) is 37.3 Å². The summed E-state index contributed by atoms with van der Waals surface area (Å²) in [5.41, 5.74) is 0. The molecule has 11 heavy (non-hydrogen) atoms. The molecule has 0 aromatic rings. The van der Waals surface area contributed by atoms with E-state index in [4.69, 9.17) is 28.3 Å². The Bertz CT molecular complexity index is 231. The molecule has 1 aliphatic rings. The van der Waals surface area contributed by atoms with Crippen molar-refractivity contribution in [3.63, 3.8) is 0 Å². The summed E-state index contributed by atoms with van der Waals surface area (Å²) in [6, 6.07) is 0. The van der Waals surface area contributed by atoms with Crippen molar-refractivity contribution in [1.82, 2.24) is 0 Å². The van der Waals surface area contributed by atoms with Crippen LogP contribution in [0.2, 0.25) is 0 Å². The van der Waals surface area contributed by atoms with Gasteiger partial charge in [0.2, 0.25) is 0 Å². The van der Waals surface area contributed by atoms with E-state index in [1.165, 1.54) is 12.2 Å². The molecule has 0 fully saturated rings. The van der Waals surface area contributed by atoms with Crippen LogP contribution in [0.25, 0.3) is 0 Å². The van der Waals surface area contributed by atoms with Gasteiger partial charge in [0, 0.05) is 0 Å². The third-order valence-corrected chi connectivity index (χ3v) is 2.14. The van der Waals surface area contributed by atoms with Gasteiger partial charge in [-0.05, 0) is 6.08 Å². The SMILES string of the molecule is O=C(O)C1C=CC=CC1(Cl)Cl. The van der Waals surface area contributed by atoms with Gasteiger partial charge in [0.25, 0.3) is 0 Å². The number of halogens is 2. The van der Waals surface area contributed by atoms with Crippen LogP contribution in [-0.2, 0) is 4.79 Å². The lowest BCUT2D eigenvalue weighted by molar-refractivity contribution is -0.140. The first-order chi connectivity index (χ1) is 5.04. The van der Waals surface area contributed by atoms with E-state index in [0.717, 1.165) is 0 Å². The minimum Gasteiger partial charge on any atom is -0.481 e. The quantitative estimate of drug-likeness (QED) is 0.646. The third-order valence-electron chi connectivity index (χ3n) is 1.41. The molecule has 0 amide bonds. The lowest BCUT2D eigenvalue weighted by Crippen LogP contribution is -2.30. The lowest BCUT2D eigenvalue weighted by Gasteiger charge is -2.22. The summed E-state index contributed by atoms with van der Waals surface area (Å²) < 4.78 is -1.30. The highest BCUT2D eigenvalue weighted by Crippen LogP contribution is 2.35. The first kappa shape index (κ1) is 8.62. The predicted octanol–water partition coefficient (Wildman–Crippen LogP) is 1.99. The van der Waals surface area contributed by atoms with Gasteiger partial charge in [-0.3, -0.25) is 4.79 Å². The Morgan fingerprint density at radius 2 is 2.09 bits per heavy atom. The van der Waals surface area contributed by atoms with Gasteiger partial charge < -0.3 is 5.11 Å². The van der Waals surface area contributed by atoms with E-state index in [2.05, 4.69) is 0 Å². The van der Waals surface area contributed by atoms with Crippen molar-refractivity contribution in [3.05, 3.63) is 24.3 Å². The summed E-state index contributed by atoms with van der Waals surface area (Å²) in [5.74, 6) is -1.87. The Labute approximate surface area is 74.1 Å². The van der Waals surface area contributed by atoms with Crippen LogP contribution in [0.4, 0.5) is 0 Å². The second-order valence-corrected chi connectivity index (χ2v) is 3.68. The van der Waals surface area contributed by atoms with Crippen LogP contribution >= 0.6 is 23.2 Å². The van der Waals surface area contributed by atoms with Crippen molar-refractivity contribution >= 4 is 29.2 Å². The van der Waals surface area contributed by atoms with Gasteiger partial charge in [-0.2, -0.15) is 0 Å². The molecule has 1 atom stereocenters. The zero-order chi connectivity index (χ0) is 8.48. The molecule has 1 unspecified atom stereocenters. The molecule has 1 N–H and O–H groups in total. The Kier molecular flexibility index (Phi) is 2.25. The summed E-state index contributed by atoms with van der Waals surface area (Å²) in [6.07, 6.45) is 6.15. The minimum atomic E-state index is -1.30. The van der Waals surface area contributed by atoms with Gasteiger partial charge >= 0.3 is 5.97 Å². The lowest BCUT2D eigenvalue weighted by atomic mass is 10.0. The maximum absolute atomic E-state index is 10.5. The summed E-state index contributed by atoms with van der Waals surface area (Å²) in [4.78, 5) is 10.5. The molecular weight excluding hydrogens is 187 g/mol. The standard InChI is InChI=1S/C7H6Cl2O2/c8-7(9)4-2-1-3-5(7)6(10)11/h1-5H,(H,10,11). The van der Waals surface area contributed by atoms with Crippen LogP contribution in [0.3, 0.4) is 0 Å². The van der Waals surface area contributed by atoms with E-state index in [1.807, 2.05) is 0 Å². The molecule has 0 saturated heterocycles. The van der Waals surface area contributed by atoms with Crippen molar-refractivity contribution in [2.75, 3.05) is 0 Å². The van der Waals surface area contributed by atoms with Crippen molar-refractivity contribution in [3.8, 4) is 0 Å². The van der Waals surface area contributed by atoms with E-state index in [1.54, 1.807) is 12.2 Å². The molecule has 0 aliphatic heterocycles. The van der Waals surface area contributed by atoms with Crippen molar-refractivity contribution in [1.29, 1.82) is 0 Å². The smallest absolute Gasteiger partial charge is 0.313 e. The molecule has 4 heteroatoms. The molecule has 1 rings (SSSR count). The first-order valence-electron chi connectivity index (χ1n) is 3.01. The maximum atomic E-state index is 10.5. The first-order valence-corrected chi connectivity index (χ1v) is 3.76. The predicted molar refractivity (Wildman–Crippen MR) is 43.8 cm³/mol. The Balaban J connectivity index is 2.89. The van der Waals surface area contributed by atoms with Crippen molar-refractivity contribution in [2.45, 2.75) is 4.33 Å². The monoisotopic (exact) mass is 192 g/mol. The molecule has 0 aromatic carbocycles. The number of carbonyl (C=O) groups is 1. The Morgan fingerprint density at radius 3 is 2.45 bits per heavy atom. The van der Waals surface area contributed by atoms with Gasteiger partial charge in [0.1, 0.15) is 5.92 Å². The van der Waals surface area contributed by atoms with E-state index in [9.17, 15) is 4.79 Å². The zero-order valence-electron chi connectivity index (χ0n) is 5.50. The second kappa shape index (κ2) is 2.88.